The molecule has 2 rings (SSSR count). The molecule has 1 aliphatic heterocycles. The van der Waals surface area contributed by atoms with E-state index in [2.05, 4.69) is 5.32 Å². The molecule has 0 radical (unpaired) electrons. The maximum absolute atomic E-state index is 11.7. The summed E-state index contributed by atoms with van der Waals surface area (Å²) in [5.74, 6) is -0.827. The Morgan fingerprint density at radius 1 is 1.18 bits per heavy atom. The monoisotopic (exact) mass is 240 g/mol. The van der Waals surface area contributed by atoms with Crippen molar-refractivity contribution in [2.45, 2.75) is 50.6 Å². The number of likely N-dealkylation sites (tertiary alicyclic amines) is 1. The van der Waals surface area contributed by atoms with E-state index < -0.39 is 12.0 Å². The van der Waals surface area contributed by atoms with Crippen molar-refractivity contribution in [2.24, 2.45) is 0 Å². The van der Waals surface area contributed by atoms with Gasteiger partial charge in [-0.1, -0.05) is 12.8 Å². The molecule has 1 saturated heterocycles. The van der Waals surface area contributed by atoms with Gasteiger partial charge in [-0.05, 0) is 32.2 Å². The summed E-state index contributed by atoms with van der Waals surface area (Å²) in [6.07, 6.45) is 5.77. The van der Waals surface area contributed by atoms with Crippen LogP contribution in [0.5, 0.6) is 0 Å². The highest BCUT2D eigenvalue weighted by Crippen LogP contribution is 2.19. The van der Waals surface area contributed by atoms with Crippen molar-refractivity contribution in [3.63, 3.8) is 0 Å². The van der Waals surface area contributed by atoms with Crippen LogP contribution in [0.4, 0.5) is 0 Å². The van der Waals surface area contributed by atoms with E-state index in [-0.39, 0.29) is 12.5 Å². The number of hydrogen-bond donors (Lipinski definition) is 2. The van der Waals surface area contributed by atoms with Gasteiger partial charge in [0.1, 0.15) is 6.04 Å². The summed E-state index contributed by atoms with van der Waals surface area (Å²) in [7, 11) is 0. The molecule has 1 heterocycles. The van der Waals surface area contributed by atoms with E-state index in [0.29, 0.717) is 12.5 Å². The quantitative estimate of drug-likeness (QED) is 0.754. The van der Waals surface area contributed by atoms with Gasteiger partial charge in [0.05, 0.1) is 6.54 Å². The number of carbonyl (C=O) groups is 2. The second-order valence-electron chi connectivity index (χ2n) is 5.02. The van der Waals surface area contributed by atoms with Crippen LogP contribution in [0.25, 0.3) is 0 Å². The second kappa shape index (κ2) is 5.49. The summed E-state index contributed by atoms with van der Waals surface area (Å²) >= 11 is 0. The zero-order valence-electron chi connectivity index (χ0n) is 10.0. The Morgan fingerprint density at radius 2 is 1.94 bits per heavy atom. The molecule has 1 aliphatic carbocycles. The third kappa shape index (κ3) is 3.70. The van der Waals surface area contributed by atoms with E-state index in [4.69, 9.17) is 5.11 Å². The van der Waals surface area contributed by atoms with E-state index in [0.717, 1.165) is 38.6 Å². The van der Waals surface area contributed by atoms with Crippen molar-refractivity contribution in [3.8, 4) is 0 Å². The van der Waals surface area contributed by atoms with Crippen LogP contribution in [0.1, 0.15) is 38.5 Å². The number of amides is 1. The summed E-state index contributed by atoms with van der Waals surface area (Å²) in [5, 5.41) is 12.1. The molecular formula is C12H20N2O3. The molecule has 0 aromatic heterocycles. The van der Waals surface area contributed by atoms with Crippen LogP contribution >= 0.6 is 0 Å². The molecule has 1 saturated carbocycles. The number of aliphatic carboxylic acids is 1. The smallest absolute Gasteiger partial charge is 0.320 e. The first-order valence-electron chi connectivity index (χ1n) is 6.43. The lowest BCUT2D eigenvalue weighted by molar-refractivity contribution is -0.144. The van der Waals surface area contributed by atoms with E-state index in [9.17, 15) is 9.59 Å². The van der Waals surface area contributed by atoms with Gasteiger partial charge in [0.15, 0.2) is 0 Å². The molecule has 96 valence electrons. The van der Waals surface area contributed by atoms with Gasteiger partial charge < -0.3 is 10.4 Å². The largest absolute Gasteiger partial charge is 0.480 e. The molecule has 2 N–H and O–H groups in total. The zero-order valence-corrected chi connectivity index (χ0v) is 10.0. The van der Waals surface area contributed by atoms with Crippen molar-refractivity contribution >= 4 is 11.9 Å². The minimum atomic E-state index is -0.800. The van der Waals surface area contributed by atoms with Crippen LogP contribution in [-0.2, 0) is 9.59 Å². The van der Waals surface area contributed by atoms with Gasteiger partial charge in [-0.3, -0.25) is 14.5 Å². The molecule has 5 nitrogen and oxygen atoms in total. The summed E-state index contributed by atoms with van der Waals surface area (Å²) in [4.78, 5) is 24.7. The Balaban J connectivity index is 1.89. The Bertz CT molecular complexity index is 302. The number of carboxylic acids is 1. The lowest BCUT2D eigenvalue weighted by Gasteiger charge is -2.25. The zero-order chi connectivity index (χ0) is 12.3. The third-order valence-electron chi connectivity index (χ3n) is 3.44. The number of nitrogens with one attached hydrogen (secondary N) is 1. The molecule has 0 bridgehead atoms. The molecule has 2 fully saturated rings. The van der Waals surface area contributed by atoms with Crippen molar-refractivity contribution in [1.29, 1.82) is 0 Å². The normalized spacial score (nSPS) is 26.2. The second-order valence-corrected chi connectivity index (χ2v) is 5.02. The highest BCUT2D eigenvalue weighted by Gasteiger charge is 2.30. The third-order valence-corrected chi connectivity index (χ3v) is 3.44. The number of hydrogen-bond acceptors (Lipinski definition) is 3. The first kappa shape index (κ1) is 12.4. The molecule has 0 spiro atoms. The lowest BCUT2D eigenvalue weighted by atomic mass is 10.1. The van der Waals surface area contributed by atoms with Gasteiger partial charge in [-0.2, -0.15) is 0 Å². The molecule has 5 heteroatoms. The van der Waals surface area contributed by atoms with E-state index in [1.165, 1.54) is 0 Å². The predicted molar refractivity (Wildman–Crippen MR) is 62.6 cm³/mol. The minimum absolute atomic E-state index is 0.0272. The molecular weight excluding hydrogens is 220 g/mol. The van der Waals surface area contributed by atoms with E-state index in [1.54, 1.807) is 0 Å². The van der Waals surface area contributed by atoms with Gasteiger partial charge in [-0.15, -0.1) is 0 Å². The summed E-state index contributed by atoms with van der Waals surface area (Å²) in [6, 6.07) is -0.139. The number of carbonyl (C=O) groups excluding carboxylic acids is 1. The average molecular weight is 240 g/mol. The average Bonchev–Trinajstić information content (AvgIpc) is 3.05. The summed E-state index contributed by atoms with van der Waals surface area (Å²) in [6.45, 7) is 0.947. The van der Waals surface area contributed by atoms with Crippen molar-refractivity contribution in [3.05, 3.63) is 0 Å². The predicted octanol–water partition coefficient (Wildman–Crippen LogP) is 0.594. The van der Waals surface area contributed by atoms with Gasteiger partial charge in [0.25, 0.3) is 0 Å². The van der Waals surface area contributed by atoms with Crippen LogP contribution in [0.2, 0.25) is 0 Å². The van der Waals surface area contributed by atoms with E-state index in [1.807, 2.05) is 4.90 Å². The first-order valence-corrected chi connectivity index (χ1v) is 6.43. The van der Waals surface area contributed by atoms with Crippen LogP contribution in [0.15, 0.2) is 0 Å². The fourth-order valence-electron chi connectivity index (χ4n) is 2.32. The lowest BCUT2D eigenvalue weighted by Crippen LogP contribution is -2.46. The topological polar surface area (TPSA) is 69.6 Å². The number of rotatable bonds is 4. The van der Waals surface area contributed by atoms with Gasteiger partial charge in [0.2, 0.25) is 5.91 Å². The molecule has 0 aromatic rings. The van der Waals surface area contributed by atoms with Crippen molar-refractivity contribution in [2.75, 3.05) is 13.1 Å². The summed E-state index contributed by atoms with van der Waals surface area (Å²) in [5.41, 5.74) is 0. The molecule has 1 unspecified atom stereocenters. The Labute approximate surface area is 101 Å². The SMILES string of the molecule is O=C(CN1CCCCCC1C(=O)O)NC1CC1. The van der Waals surface area contributed by atoms with Gasteiger partial charge in [-0.25, -0.2) is 0 Å². The Morgan fingerprint density at radius 3 is 2.59 bits per heavy atom. The van der Waals surface area contributed by atoms with E-state index >= 15 is 0 Å². The molecule has 1 atom stereocenters. The number of nitrogens with zero attached hydrogens (tertiary/aromatic N) is 1. The van der Waals surface area contributed by atoms with Gasteiger partial charge >= 0.3 is 5.97 Å². The fraction of sp³-hybridized carbons (Fsp3) is 0.833. The maximum atomic E-state index is 11.7. The van der Waals surface area contributed by atoms with Crippen molar-refractivity contribution < 1.29 is 14.7 Å². The summed E-state index contributed by atoms with van der Waals surface area (Å²) < 4.78 is 0. The Hall–Kier alpha value is -1.10. The molecule has 1 amide bonds. The molecule has 2 aliphatic rings. The number of carboxylic acid groups (broad SMARTS) is 1. The molecule has 17 heavy (non-hydrogen) atoms. The highest BCUT2D eigenvalue weighted by atomic mass is 16.4. The van der Waals surface area contributed by atoms with Crippen molar-refractivity contribution in [1.82, 2.24) is 10.2 Å². The Kier molecular flexibility index (Phi) is 3.99. The van der Waals surface area contributed by atoms with Crippen LogP contribution in [0, 0.1) is 0 Å². The standard InChI is InChI=1S/C12H20N2O3/c15-11(13-9-5-6-9)8-14-7-3-1-2-4-10(14)12(16)17/h9-10H,1-8H2,(H,13,15)(H,16,17). The maximum Gasteiger partial charge on any atom is 0.320 e. The minimum Gasteiger partial charge on any atom is -0.480 e. The van der Waals surface area contributed by atoms with Gasteiger partial charge in [0, 0.05) is 6.04 Å². The van der Waals surface area contributed by atoms with Crippen LogP contribution in [0.3, 0.4) is 0 Å². The van der Waals surface area contributed by atoms with Crippen LogP contribution in [-0.4, -0.2) is 47.1 Å². The first-order chi connectivity index (χ1) is 8.16. The highest BCUT2D eigenvalue weighted by molar-refractivity contribution is 5.80. The van der Waals surface area contributed by atoms with Crippen LogP contribution < -0.4 is 5.32 Å². The fourth-order valence-corrected chi connectivity index (χ4v) is 2.32. The molecule has 0 aromatic carbocycles.